The predicted octanol–water partition coefficient (Wildman–Crippen LogP) is 4.64. The summed E-state index contributed by atoms with van der Waals surface area (Å²) in [4.78, 5) is 15.8. The molecule has 1 atom stereocenters. The van der Waals surface area contributed by atoms with Gasteiger partial charge in [0.15, 0.2) is 11.5 Å². The second-order valence-corrected chi connectivity index (χ2v) is 6.05. The molecule has 1 aromatic carbocycles. The van der Waals surface area contributed by atoms with E-state index in [1.807, 2.05) is 6.07 Å². The molecule has 0 saturated carbocycles. The lowest BCUT2D eigenvalue weighted by atomic mass is 10.0. The van der Waals surface area contributed by atoms with Gasteiger partial charge in [0.1, 0.15) is 6.10 Å². The Bertz CT molecular complexity index is 732. The quantitative estimate of drug-likeness (QED) is 0.651. The van der Waals surface area contributed by atoms with E-state index in [1.165, 1.54) is 12.4 Å². The minimum absolute atomic E-state index is 0.265. The predicted molar refractivity (Wildman–Crippen MR) is 96.6 cm³/mol. The first-order valence-electron chi connectivity index (χ1n) is 7.69. The molecule has 1 unspecified atom stereocenters. The second kappa shape index (κ2) is 8.92. The minimum atomic E-state index is -0.565. The molecule has 25 heavy (non-hydrogen) atoms. The Kier molecular flexibility index (Phi) is 6.91. The highest BCUT2D eigenvalue weighted by atomic mass is 35.5. The molecule has 0 bridgehead atoms. The van der Waals surface area contributed by atoms with Gasteiger partial charge in [0.2, 0.25) is 0 Å². The standard InChI is InChI=1S/C18H19Cl2NO4/c1-4-18(22)25-16(8-12-13(19)9-21-10-14(12)20)11-5-6-15(23-2)17(7-11)24-3/h5-7,9-10,16H,4,8H2,1-3H3. The number of carbonyl (C=O) groups excluding carboxylic acids is 1. The average molecular weight is 384 g/mol. The Hall–Kier alpha value is -1.98. The molecule has 2 rings (SSSR count). The molecule has 0 amide bonds. The number of rotatable bonds is 7. The Morgan fingerprint density at radius 1 is 1.12 bits per heavy atom. The summed E-state index contributed by atoms with van der Waals surface area (Å²) >= 11 is 12.4. The van der Waals surface area contributed by atoms with Gasteiger partial charge in [-0.05, 0) is 23.3 Å². The van der Waals surface area contributed by atoms with Crippen LogP contribution < -0.4 is 9.47 Å². The number of aromatic nitrogens is 1. The molecule has 0 aliphatic rings. The van der Waals surface area contributed by atoms with Crippen molar-refractivity contribution >= 4 is 29.2 Å². The van der Waals surface area contributed by atoms with Gasteiger partial charge in [0, 0.05) is 25.2 Å². The number of methoxy groups -OCH3 is 2. The molecule has 7 heteroatoms. The molecule has 0 fully saturated rings. The number of pyridine rings is 1. The van der Waals surface area contributed by atoms with Crippen LogP contribution in [0.4, 0.5) is 0 Å². The summed E-state index contributed by atoms with van der Waals surface area (Å²) in [5.41, 5.74) is 1.42. The third kappa shape index (κ3) is 4.77. The number of carbonyl (C=O) groups is 1. The first-order valence-corrected chi connectivity index (χ1v) is 8.45. The van der Waals surface area contributed by atoms with Crippen molar-refractivity contribution in [2.75, 3.05) is 14.2 Å². The maximum absolute atomic E-state index is 11.9. The van der Waals surface area contributed by atoms with E-state index < -0.39 is 6.10 Å². The number of hydrogen-bond acceptors (Lipinski definition) is 5. The zero-order valence-corrected chi connectivity index (χ0v) is 15.7. The van der Waals surface area contributed by atoms with Crippen molar-refractivity contribution < 1.29 is 19.0 Å². The van der Waals surface area contributed by atoms with E-state index in [-0.39, 0.29) is 12.4 Å². The molecule has 134 valence electrons. The first-order chi connectivity index (χ1) is 12.0. The van der Waals surface area contributed by atoms with Crippen LogP contribution in [-0.2, 0) is 16.0 Å². The number of esters is 1. The van der Waals surface area contributed by atoms with E-state index in [9.17, 15) is 4.79 Å². The maximum atomic E-state index is 11.9. The summed E-state index contributed by atoms with van der Waals surface area (Å²) in [5, 5.41) is 0.844. The van der Waals surface area contributed by atoms with Gasteiger partial charge in [-0.3, -0.25) is 9.78 Å². The Morgan fingerprint density at radius 2 is 1.76 bits per heavy atom. The highest BCUT2D eigenvalue weighted by molar-refractivity contribution is 6.35. The summed E-state index contributed by atoms with van der Waals surface area (Å²) < 4.78 is 16.2. The summed E-state index contributed by atoms with van der Waals surface area (Å²) in [6.45, 7) is 1.74. The van der Waals surface area contributed by atoms with Crippen LogP contribution in [0, 0.1) is 0 Å². The van der Waals surface area contributed by atoms with Gasteiger partial charge in [-0.15, -0.1) is 0 Å². The molecule has 0 N–H and O–H groups in total. The average Bonchev–Trinajstić information content (AvgIpc) is 2.63. The molecule has 1 heterocycles. The van der Waals surface area contributed by atoms with Crippen molar-refractivity contribution in [3.63, 3.8) is 0 Å². The van der Waals surface area contributed by atoms with Crippen molar-refractivity contribution in [2.24, 2.45) is 0 Å². The second-order valence-electron chi connectivity index (χ2n) is 5.23. The molecule has 0 aliphatic carbocycles. The SMILES string of the molecule is CCC(=O)OC(Cc1c(Cl)cncc1Cl)c1ccc(OC)c(OC)c1. The van der Waals surface area contributed by atoms with Crippen LogP contribution in [0.15, 0.2) is 30.6 Å². The lowest BCUT2D eigenvalue weighted by molar-refractivity contribution is -0.149. The van der Waals surface area contributed by atoms with Crippen molar-refractivity contribution in [2.45, 2.75) is 25.9 Å². The maximum Gasteiger partial charge on any atom is 0.306 e. The molecule has 5 nitrogen and oxygen atoms in total. The van der Waals surface area contributed by atoms with Crippen molar-refractivity contribution in [3.8, 4) is 11.5 Å². The number of halogens is 2. The molecule has 2 aromatic rings. The van der Waals surface area contributed by atoms with Crippen LogP contribution in [0.5, 0.6) is 11.5 Å². The summed E-state index contributed by atoms with van der Waals surface area (Å²) in [7, 11) is 3.11. The van der Waals surface area contributed by atoms with Gasteiger partial charge >= 0.3 is 5.97 Å². The molecule has 0 aliphatic heterocycles. The molecule has 0 saturated heterocycles. The molecule has 1 aromatic heterocycles. The van der Waals surface area contributed by atoms with Crippen LogP contribution in [0.2, 0.25) is 10.0 Å². The van der Waals surface area contributed by atoms with Crippen molar-refractivity contribution in [1.29, 1.82) is 0 Å². The zero-order valence-electron chi connectivity index (χ0n) is 14.2. The molecule has 0 radical (unpaired) electrons. The van der Waals surface area contributed by atoms with Gasteiger partial charge < -0.3 is 14.2 Å². The number of benzene rings is 1. The lowest BCUT2D eigenvalue weighted by Gasteiger charge is -2.20. The van der Waals surface area contributed by atoms with Gasteiger partial charge in [-0.25, -0.2) is 0 Å². The zero-order chi connectivity index (χ0) is 18.4. The third-order valence-corrected chi connectivity index (χ3v) is 4.34. The monoisotopic (exact) mass is 383 g/mol. The molecular formula is C18H19Cl2NO4. The summed E-state index contributed by atoms with van der Waals surface area (Å²) in [6.07, 6.45) is 3.04. The Morgan fingerprint density at radius 3 is 2.32 bits per heavy atom. The Balaban J connectivity index is 2.41. The summed E-state index contributed by atoms with van der Waals surface area (Å²) in [6, 6.07) is 5.35. The van der Waals surface area contributed by atoms with Crippen LogP contribution in [0.1, 0.15) is 30.6 Å². The minimum Gasteiger partial charge on any atom is -0.493 e. The third-order valence-electron chi connectivity index (χ3n) is 3.68. The van der Waals surface area contributed by atoms with Gasteiger partial charge in [0.25, 0.3) is 0 Å². The smallest absolute Gasteiger partial charge is 0.306 e. The van der Waals surface area contributed by atoms with Crippen LogP contribution in [0.3, 0.4) is 0 Å². The summed E-state index contributed by atoms with van der Waals surface area (Å²) in [5.74, 6) is 0.817. The van der Waals surface area contributed by atoms with Gasteiger partial charge in [-0.2, -0.15) is 0 Å². The van der Waals surface area contributed by atoms with E-state index in [0.717, 1.165) is 5.56 Å². The Labute approximate surface area is 156 Å². The normalized spacial score (nSPS) is 11.7. The van der Waals surface area contributed by atoms with E-state index in [0.29, 0.717) is 33.5 Å². The highest BCUT2D eigenvalue weighted by Gasteiger charge is 2.21. The highest BCUT2D eigenvalue weighted by Crippen LogP contribution is 2.35. The van der Waals surface area contributed by atoms with Crippen LogP contribution in [0.25, 0.3) is 0 Å². The number of hydrogen-bond donors (Lipinski definition) is 0. The fraction of sp³-hybridized carbons (Fsp3) is 0.333. The van der Waals surface area contributed by atoms with E-state index in [2.05, 4.69) is 4.98 Å². The van der Waals surface area contributed by atoms with Crippen LogP contribution in [-0.4, -0.2) is 25.2 Å². The van der Waals surface area contributed by atoms with Gasteiger partial charge in [0.05, 0.1) is 24.3 Å². The van der Waals surface area contributed by atoms with Crippen LogP contribution >= 0.6 is 23.2 Å². The number of ether oxygens (including phenoxy) is 3. The molecular weight excluding hydrogens is 365 g/mol. The van der Waals surface area contributed by atoms with E-state index in [4.69, 9.17) is 37.4 Å². The van der Waals surface area contributed by atoms with E-state index >= 15 is 0 Å². The topological polar surface area (TPSA) is 57.7 Å². The first kappa shape index (κ1) is 19.3. The number of nitrogens with zero attached hydrogens (tertiary/aromatic N) is 1. The van der Waals surface area contributed by atoms with Gasteiger partial charge in [-0.1, -0.05) is 36.2 Å². The fourth-order valence-corrected chi connectivity index (χ4v) is 2.86. The largest absolute Gasteiger partial charge is 0.493 e. The lowest BCUT2D eigenvalue weighted by Crippen LogP contribution is -2.14. The van der Waals surface area contributed by atoms with Crippen molar-refractivity contribution in [3.05, 3.63) is 51.8 Å². The van der Waals surface area contributed by atoms with E-state index in [1.54, 1.807) is 33.3 Å². The molecule has 0 spiro atoms. The fourth-order valence-electron chi connectivity index (χ4n) is 2.34. The van der Waals surface area contributed by atoms with Crippen molar-refractivity contribution in [1.82, 2.24) is 4.98 Å².